The molecule has 3 aromatic heterocycles. The van der Waals surface area contributed by atoms with E-state index < -0.39 is 0 Å². The molecule has 0 amide bonds. The second-order valence-corrected chi connectivity index (χ2v) is 25.0. The zero-order chi connectivity index (χ0) is 58.8. The van der Waals surface area contributed by atoms with Crippen molar-refractivity contribution in [1.82, 2.24) is 15.0 Å². The summed E-state index contributed by atoms with van der Waals surface area (Å²) in [5.41, 5.74) is 13.1. The number of pyridine rings is 3. The smallest absolute Gasteiger partial charge is 0.0740 e. The summed E-state index contributed by atoms with van der Waals surface area (Å²) in [5, 5.41) is 7.21. The van der Waals surface area contributed by atoms with Gasteiger partial charge in [0.1, 0.15) is 0 Å². The van der Waals surface area contributed by atoms with E-state index in [1.165, 1.54) is 209 Å². The summed E-state index contributed by atoms with van der Waals surface area (Å²) in [6, 6.07) is 37.3. The number of unbranched alkanes of at least 4 members (excludes halogenated alkanes) is 12. The van der Waals surface area contributed by atoms with Gasteiger partial charge in [0, 0.05) is 35.3 Å². The minimum atomic E-state index is 0.691. The minimum Gasteiger partial charge on any atom is -0.256 e. The Morgan fingerprint density at radius 1 is 0.321 bits per heavy atom. The van der Waals surface area contributed by atoms with E-state index in [1.807, 2.05) is 72.8 Å². The molecule has 3 heterocycles. The number of isothiocyanates is 3. The first-order valence-electron chi connectivity index (χ1n) is 32.8. The van der Waals surface area contributed by atoms with Crippen molar-refractivity contribution in [3.05, 3.63) is 144 Å². The van der Waals surface area contributed by atoms with Crippen molar-refractivity contribution in [2.24, 2.45) is 32.7 Å². The maximum Gasteiger partial charge on any atom is 0.0740 e. The van der Waals surface area contributed by atoms with Gasteiger partial charge in [0.15, 0.2) is 0 Å². The number of thiocarbonyl (C=S) groups is 3. The lowest BCUT2D eigenvalue weighted by Crippen LogP contribution is -2.13. The Balaban J connectivity index is 0.000000181. The number of benzene rings is 3. The van der Waals surface area contributed by atoms with Crippen molar-refractivity contribution >= 4 is 69.2 Å². The molecule has 3 fully saturated rings. The van der Waals surface area contributed by atoms with Crippen molar-refractivity contribution in [3.63, 3.8) is 0 Å². The summed E-state index contributed by atoms with van der Waals surface area (Å²) in [6.45, 7) is 6.86. The third kappa shape index (κ3) is 22.7. The van der Waals surface area contributed by atoms with Crippen LogP contribution in [-0.4, -0.2) is 30.4 Å². The summed E-state index contributed by atoms with van der Waals surface area (Å²) < 4.78 is 0. The molecule has 0 radical (unpaired) electrons. The molecule has 3 saturated carbocycles. The number of aromatic nitrogens is 3. The largest absolute Gasteiger partial charge is 0.256 e. The van der Waals surface area contributed by atoms with Crippen LogP contribution in [0.15, 0.2) is 143 Å². The normalized spacial score (nSPS) is 19.2. The van der Waals surface area contributed by atoms with E-state index in [1.54, 1.807) is 0 Å². The van der Waals surface area contributed by atoms with Gasteiger partial charge in [0.25, 0.3) is 0 Å². The summed E-state index contributed by atoms with van der Waals surface area (Å²) in [4.78, 5) is 26.2. The van der Waals surface area contributed by atoms with Gasteiger partial charge in [-0.1, -0.05) is 191 Å². The maximum absolute atomic E-state index is 4.74. The summed E-state index contributed by atoms with van der Waals surface area (Å²) in [5.74, 6) is 4.95. The Morgan fingerprint density at radius 3 is 0.810 bits per heavy atom. The van der Waals surface area contributed by atoms with Crippen molar-refractivity contribution in [2.45, 2.75) is 231 Å². The Bertz CT molecular complexity index is 2900. The van der Waals surface area contributed by atoms with Crippen LogP contribution in [0.2, 0.25) is 0 Å². The Kier molecular flexibility index (Phi) is 30.3. The van der Waals surface area contributed by atoms with Crippen LogP contribution in [-0.2, 0) is 0 Å². The molecule has 0 atom stereocenters. The molecule has 9 heteroatoms. The average molecular weight is 1180 g/mol. The first-order valence-corrected chi connectivity index (χ1v) is 34.0. The molecule has 444 valence electrons. The number of hydrogen-bond donors (Lipinski definition) is 0. The highest BCUT2D eigenvalue weighted by atomic mass is 32.1. The van der Waals surface area contributed by atoms with Crippen molar-refractivity contribution in [3.8, 4) is 33.8 Å². The van der Waals surface area contributed by atoms with E-state index in [9.17, 15) is 0 Å². The molecule has 3 aliphatic rings. The molecule has 0 bridgehead atoms. The topological polar surface area (TPSA) is 75.8 Å². The van der Waals surface area contributed by atoms with Gasteiger partial charge in [-0.25, -0.2) is 0 Å². The van der Waals surface area contributed by atoms with Crippen LogP contribution in [0.3, 0.4) is 0 Å². The molecule has 6 aromatic rings. The predicted octanol–water partition coefficient (Wildman–Crippen LogP) is 24.4. The molecule has 3 aliphatic carbocycles. The fraction of sp³-hybridized carbons (Fsp3) is 0.520. The molecule has 0 unspecified atom stereocenters. The zero-order valence-corrected chi connectivity index (χ0v) is 53.7. The zero-order valence-electron chi connectivity index (χ0n) is 51.2. The fourth-order valence-electron chi connectivity index (χ4n) is 13.2. The Hall–Kier alpha value is -5.49. The molecule has 0 spiro atoms. The number of nitrogens with zero attached hydrogens (tertiary/aromatic N) is 6. The third-order valence-electron chi connectivity index (χ3n) is 18.5. The van der Waals surface area contributed by atoms with E-state index in [0.29, 0.717) is 17.8 Å². The molecule has 84 heavy (non-hydrogen) atoms. The van der Waals surface area contributed by atoms with Crippen LogP contribution in [0.1, 0.15) is 248 Å². The Labute approximate surface area is 522 Å². The highest BCUT2D eigenvalue weighted by Crippen LogP contribution is 2.41. The third-order valence-corrected chi connectivity index (χ3v) is 18.7. The number of hydrogen-bond acceptors (Lipinski definition) is 9. The van der Waals surface area contributed by atoms with Gasteiger partial charge in [-0.2, -0.15) is 15.0 Å². The van der Waals surface area contributed by atoms with Crippen molar-refractivity contribution < 1.29 is 0 Å². The van der Waals surface area contributed by atoms with E-state index in [-0.39, 0.29) is 0 Å². The lowest BCUT2D eigenvalue weighted by Gasteiger charge is -2.28. The van der Waals surface area contributed by atoms with Gasteiger partial charge in [0.05, 0.1) is 49.6 Å². The van der Waals surface area contributed by atoms with Crippen LogP contribution >= 0.6 is 36.7 Å². The van der Waals surface area contributed by atoms with Crippen molar-refractivity contribution in [2.75, 3.05) is 0 Å². The highest BCUT2D eigenvalue weighted by molar-refractivity contribution is 7.78. The van der Waals surface area contributed by atoms with Crippen molar-refractivity contribution in [1.29, 1.82) is 0 Å². The lowest BCUT2D eigenvalue weighted by atomic mass is 9.77. The summed E-state index contributed by atoms with van der Waals surface area (Å²) >= 11 is 14.0. The van der Waals surface area contributed by atoms with Gasteiger partial charge < -0.3 is 0 Å². The standard InChI is InChI=1S/C26H34N2S.C25H32N2S.C24H30N2S/c1-2-3-4-5-6-7-8-21-9-11-22(12-10-21)24-15-18-26(27-19-24)23-13-16-25(17-14-23)28-20-29;1-2-3-4-5-6-7-20-8-10-21(11-9-20)23-14-17-25(26-18-23)22-12-15-24(16-13-22)27-19-28;1-2-3-4-5-6-19-7-9-20(10-8-19)22-13-16-24(25-17-22)21-11-14-23(15-12-21)26-18-27/h13-19,21-22H,2-12H2,1H3;12-18,20-21H,2-11H2,1H3;11-17,19-20H,2-10H2,1H3. The lowest BCUT2D eigenvalue weighted by molar-refractivity contribution is 0.301. The van der Waals surface area contributed by atoms with Gasteiger partial charge in [-0.3, -0.25) is 15.0 Å². The van der Waals surface area contributed by atoms with E-state index in [0.717, 1.165) is 68.6 Å². The molecule has 6 nitrogen and oxygen atoms in total. The van der Waals surface area contributed by atoms with Crippen LogP contribution < -0.4 is 0 Å². The molecule has 0 N–H and O–H groups in total. The second kappa shape index (κ2) is 38.5. The molecular weight excluding hydrogens is 1080 g/mol. The minimum absolute atomic E-state index is 0.691. The highest BCUT2D eigenvalue weighted by Gasteiger charge is 2.25. The monoisotopic (exact) mass is 1180 g/mol. The molecule has 0 aliphatic heterocycles. The summed E-state index contributed by atoms with van der Waals surface area (Å²) in [6.07, 6.45) is 48.0. The van der Waals surface area contributed by atoms with Gasteiger partial charge in [-0.15, -0.1) is 0 Å². The van der Waals surface area contributed by atoms with E-state index >= 15 is 0 Å². The first-order chi connectivity index (χ1) is 41.4. The van der Waals surface area contributed by atoms with Gasteiger partial charge in [0.2, 0.25) is 0 Å². The SMILES string of the molecule is CCCCCCC1CCC(c2ccc(-c3ccc(N=C=S)cc3)nc2)CC1.CCCCCCCC1CCC(c2ccc(-c3ccc(N=C=S)cc3)nc2)CC1.CCCCCCCCC1CCC(c2ccc(-c3ccc(N=C=S)cc3)nc2)CC1. The average Bonchev–Trinajstić information content (AvgIpc) is 3.65. The fourth-order valence-corrected chi connectivity index (χ4v) is 13.5. The van der Waals surface area contributed by atoms with Crippen LogP contribution in [0, 0.1) is 17.8 Å². The molecule has 0 saturated heterocycles. The number of rotatable bonds is 27. The quantitative estimate of drug-likeness (QED) is 0.0291. The predicted molar refractivity (Wildman–Crippen MR) is 367 cm³/mol. The molecule has 9 rings (SSSR count). The summed E-state index contributed by atoms with van der Waals surface area (Å²) in [7, 11) is 0. The number of aliphatic imine (C=N–C) groups is 3. The van der Waals surface area contributed by atoms with E-state index in [4.69, 9.17) is 15.0 Å². The van der Waals surface area contributed by atoms with E-state index in [2.05, 4.69) is 143 Å². The molecule has 3 aromatic carbocycles. The van der Waals surface area contributed by atoms with Crippen LogP contribution in [0.4, 0.5) is 17.1 Å². The second-order valence-electron chi connectivity index (χ2n) is 24.4. The van der Waals surface area contributed by atoms with Crippen LogP contribution in [0.5, 0.6) is 0 Å². The van der Waals surface area contributed by atoms with Crippen LogP contribution in [0.25, 0.3) is 33.8 Å². The maximum atomic E-state index is 4.74. The molecular formula is C75H96N6S3. The Morgan fingerprint density at radius 2 is 0.571 bits per heavy atom. The first kappa shape index (κ1) is 66.0. The van der Waals surface area contributed by atoms with Gasteiger partial charge in [-0.05, 0) is 220 Å². The van der Waals surface area contributed by atoms with Gasteiger partial charge >= 0.3 is 0 Å².